The summed E-state index contributed by atoms with van der Waals surface area (Å²) in [6.45, 7) is 3.34. The van der Waals surface area contributed by atoms with E-state index in [0.717, 1.165) is 23.7 Å². The number of aromatic nitrogens is 4. The van der Waals surface area contributed by atoms with Gasteiger partial charge in [0.1, 0.15) is 0 Å². The molecule has 2 aromatic heterocycles. The predicted molar refractivity (Wildman–Crippen MR) is 58.7 cm³/mol. The first kappa shape index (κ1) is 10.3. The first-order chi connectivity index (χ1) is 7.28. The maximum Gasteiger partial charge on any atom is 0.0897 e. The molecule has 0 aliphatic heterocycles. The Hall–Kier alpha value is -1.27. The summed E-state index contributed by atoms with van der Waals surface area (Å²) in [5.41, 5.74) is 6.38. The van der Waals surface area contributed by atoms with Gasteiger partial charge in [0, 0.05) is 23.7 Å². The minimum absolute atomic E-state index is 0.609. The Bertz CT molecular complexity index is 433. The molecule has 6 heteroatoms. The van der Waals surface area contributed by atoms with Gasteiger partial charge in [0.25, 0.3) is 0 Å². The molecule has 0 aliphatic carbocycles. The molecule has 15 heavy (non-hydrogen) atoms. The summed E-state index contributed by atoms with van der Waals surface area (Å²) in [6, 6.07) is 0. The van der Waals surface area contributed by atoms with Crippen molar-refractivity contribution < 1.29 is 0 Å². The molecule has 2 aromatic rings. The summed E-state index contributed by atoms with van der Waals surface area (Å²) in [5, 5.41) is 9.13. The number of hydrogen-bond acceptors (Lipinski definition) is 5. The second-order valence-corrected chi connectivity index (χ2v) is 4.61. The molecule has 0 saturated heterocycles. The van der Waals surface area contributed by atoms with Gasteiger partial charge in [-0.3, -0.25) is 0 Å². The van der Waals surface area contributed by atoms with Gasteiger partial charge < -0.3 is 5.73 Å². The van der Waals surface area contributed by atoms with Gasteiger partial charge in [-0.25, -0.2) is 9.67 Å². The van der Waals surface area contributed by atoms with Crippen LogP contribution >= 0.6 is 11.3 Å². The molecular formula is C9H13N5S. The van der Waals surface area contributed by atoms with Crippen LogP contribution < -0.4 is 5.73 Å². The second-order valence-electron chi connectivity index (χ2n) is 3.29. The van der Waals surface area contributed by atoms with Crippen molar-refractivity contribution >= 4 is 11.3 Å². The number of rotatable bonds is 4. The van der Waals surface area contributed by atoms with E-state index >= 15 is 0 Å². The zero-order valence-electron chi connectivity index (χ0n) is 8.55. The highest BCUT2D eigenvalue weighted by atomic mass is 32.1. The van der Waals surface area contributed by atoms with Gasteiger partial charge in [0.05, 0.1) is 17.2 Å². The summed E-state index contributed by atoms with van der Waals surface area (Å²) >= 11 is 1.68. The molecule has 2 N–H and O–H groups in total. The SMILES string of the molecule is Cc1ncc(Cn2cc(CCN)nn2)s1. The van der Waals surface area contributed by atoms with E-state index in [-0.39, 0.29) is 0 Å². The summed E-state index contributed by atoms with van der Waals surface area (Å²) in [6.07, 6.45) is 4.59. The van der Waals surface area contributed by atoms with E-state index in [4.69, 9.17) is 5.73 Å². The molecule has 0 unspecified atom stereocenters. The largest absolute Gasteiger partial charge is 0.330 e. The van der Waals surface area contributed by atoms with Gasteiger partial charge in [-0.15, -0.1) is 16.4 Å². The third-order valence-corrected chi connectivity index (χ3v) is 2.87. The average Bonchev–Trinajstić information content (AvgIpc) is 2.78. The van der Waals surface area contributed by atoms with Crippen LogP contribution in [0.15, 0.2) is 12.4 Å². The summed E-state index contributed by atoms with van der Waals surface area (Å²) < 4.78 is 1.82. The number of hydrogen-bond donors (Lipinski definition) is 1. The maximum absolute atomic E-state index is 5.44. The molecule has 80 valence electrons. The quantitative estimate of drug-likeness (QED) is 0.823. The van der Waals surface area contributed by atoms with Gasteiger partial charge in [-0.05, 0) is 13.5 Å². The van der Waals surface area contributed by atoms with Crippen molar-refractivity contribution in [2.75, 3.05) is 6.54 Å². The Morgan fingerprint density at radius 1 is 1.53 bits per heavy atom. The molecular weight excluding hydrogens is 210 g/mol. The van der Waals surface area contributed by atoms with Crippen LogP contribution in [0.3, 0.4) is 0 Å². The number of thiazole rings is 1. The third kappa shape index (κ3) is 2.60. The standard InChI is InChI=1S/C9H13N5S/c1-7-11-4-9(15-7)6-14-5-8(2-3-10)12-13-14/h4-5H,2-3,6,10H2,1H3. The summed E-state index contributed by atoms with van der Waals surface area (Å²) in [7, 11) is 0. The molecule has 0 fully saturated rings. The van der Waals surface area contributed by atoms with Gasteiger partial charge >= 0.3 is 0 Å². The van der Waals surface area contributed by atoms with E-state index in [1.165, 1.54) is 4.88 Å². The molecule has 0 bridgehead atoms. The van der Waals surface area contributed by atoms with Crippen LogP contribution in [0.2, 0.25) is 0 Å². The van der Waals surface area contributed by atoms with Gasteiger partial charge in [0.2, 0.25) is 0 Å². The monoisotopic (exact) mass is 223 g/mol. The van der Waals surface area contributed by atoms with E-state index in [9.17, 15) is 0 Å². The van der Waals surface area contributed by atoms with E-state index in [2.05, 4.69) is 15.3 Å². The highest BCUT2D eigenvalue weighted by Crippen LogP contribution is 2.12. The van der Waals surface area contributed by atoms with E-state index in [1.54, 1.807) is 11.3 Å². The minimum atomic E-state index is 0.609. The number of aryl methyl sites for hydroxylation is 1. The van der Waals surface area contributed by atoms with Crippen molar-refractivity contribution in [3.8, 4) is 0 Å². The Labute approximate surface area is 91.9 Å². The Kier molecular flexibility index (Phi) is 3.08. The molecule has 0 saturated carbocycles. The summed E-state index contributed by atoms with van der Waals surface area (Å²) in [5.74, 6) is 0. The molecule has 0 atom stereocenters. The Balaban J connectivity index is 2.04. The van der Waals surface area contributed by atoms with Gasteiger partial charge in [-0.2, -0.15) is 0 Å². The molecule has 0 aromatic carbocycles. The zero-order valence-corrected chi connectivity index (χ0v) is 9.37. The molecule has 0 amide bonds. The van der Waals surface area contributed by atoms with Crippen molar-refractivity contribution in [1.29, 1.82) is 0 Å². The van der Waals surface area contributed by atoms with Crippen LogP contribution in [0.1, 0.15) is 15.6 Å². The van der Waals surface area contributed by atoms with Crippen molar-refractivity contribution in [2.45, 2.75) is 19.9 Å². The molecule has 5 nitrogen and oxygen atoms in total. The van der Waals surface area contributed by atoms with E-state index < -0.39 is 0 Å². The first-order valence-electron chi connectivity index (χ1n) is 4.78. The average molecular weight is 223 g/mol. The van der Waals surface area contributed by atoms with E-state index in [0.29, 0.717) is 6.54 Å². The van der Waals surface area contributed by atoms with Crippen LogP contribution in [-0.2, 0) is 13.0 Å². The molecule has 2 heterocycles. The third-order valence-electron chi connectivity index (χ3n) is 1.97. The minimum Gasteiger partial charge on any atom is -0.330 e. The van der Waals surface area contributed by atoms with Gasteiger partial charge in [-0.1, -0.05) is 5.21 Å². The lowest BCUT2D eigenvalue weighted by Crippen LogP contribution is -2.02. The summed E-state index contributed by atoms with van der Waals surface area (Å²) in [4.78, 5) is 5.38. The second kappa shape index (κ2) is 4.50. The van der Waals surface area contributed by atoms with Crippen LogP contribution in [0.5, 0.6) is 0 Å². The normalized spacial score (nSPS) is 10.8. The van der Waals surface area contributed by atoms with Crippen molar-refractivity contribution in [2.24, 2.45) is 5.73 Å². The topological polar surface area (TPSA) is 69.6 Å². The fourth-order valence-electron chi connectivity index (χ4n) is 1.32. The fourth-order valence-corrected chi connectivity index (χ4v) is 2.10. The lowest BCUT2D eigenvalue weighted by atomic mass is 10.3. The molecule has 0 aliphatic rings. The molecule has 0 radical (unpaired) electrons. The fraction of sp³-hybridized carbons (Fsp3) is 0.444. The smallest absolute Gasteiger partial charge is 0.0897 e. The highest BCUT2D eigenvalue weighted by Gasteiger charge is 2.02. The molecule has 0 spiro atoms. The van der Waals surface area contributed by atoms with Gasteiger partial charge in [0.15, 0.2) is 0 Å². The van der Waals surface area contributed by atoms with Crippen molar-refractivity contribution in [3.05, 3.63) is 28.0 Å². The first-order valence-corrected chi connectivity index (χ1v) is 5.60. The lowest BCUT2D eigenvalue weighted by Gasteiger charge is -1.94. The maximum atomic E-state index is 5.44. The van der Waals surface area contributed by atoms with Crippen molar-refractivity contribution in [1.82, 2.24) is 20.0 Å². The van der Waals surface area contributed by atoms with Crippen LogP contribution in [0, 0.1) is 6.92 Å². The van der Waals surface area contributed by atoms with Crippen LogP contribution in [0.4, 0.5) is 0 Å². The number of nitrogens with zero attached hydrogens (tertiary/aromatic N) is 4. The molecule has 2 rings (SSSR count). The van der Waals surface area contributed by atoms with Crippen molar-refractivity contribution in [3.63, 3.8) is 0 Å². The van der Waals surface area contributed by atoms with Crippen LogP contribution in [0.25, 0.3) is 0 Å². The predicted octanol–water partition coefficient (Wildman–Crippen LogP) is 0.593. The zero-order chi connectivity index (χ0) is 10.7. The Morgan fingerprint density at radius 3 is 3.07 bits per heavy atom. The Morgan fingerprint density at radius 2 is 2.40 bits per heavy atom. The highest BCUT2D eigenvalue weighted by molar-refractivity contribution is 7.11. The van der Waals surface area contributed by atoms with Crippen LogP contribution in [-0.4, -0.2) is 26.5 Å². The number of nitrogens with two attached hydrogens (primary N) is 1. The lowest BCUT2D eigenvalue weighted by molar-refractivity contribution is 0.654. The van der Waals surface area contributed by atoms with E-state index in [1.807, 2.05) is 24.0 Å².